The quantitative estimate of drug-likeness (QED) is 0.752. The van der Waals surface area contributed by atoms with Gasteiger partial charge in [-0.1, -0.05) is 40.5 Å². The Labute approximate surface area is 116 Å². The summed E-state index contributed by atoms with van der Waals surface area (Å²) in [6.45, 7) is 9.96. The third kappa shape index (κ3) is 2.99. The molecular formula is C15H27NO3. The van der Waals surface area contributed by atoms with Crippen molar-refractivity contribution in [1.29, 1.82) is 0 Å². The van der Waals surface area contributed by atoms with Crippen LogP contribution in [0.1, 0.15) is 53.9 Å². The molecule has 1 N–H and O–H groups in total. The van der Waals surface area contributed by atoms with Gasteiger partial charge >= 0.3 is 0 Å². The summed E-state index contributed by atoms with van der Waals surface area (Å²) in [4.78, 5) is 25.7. The Morgan fingerprint density at radius 1 is 1.26 bits per heavy atom. The number of aliphatic hydroxyl groups is 1. The van der Waals surface area contributed by atoms with Crippen LogP contribution in [0.4, 0.5) is 0 Å². The molecule has 0 saturated carbocycles. The van der Waals surface area contributed by atoms with Crippen LogP contribution in [0.25, 0.3) is 0 Å². The van der Waals surface area contributed by atoms with Crippen molar-refractivity contribution in [1.82, 2.24) is 4.90 Å². The molecule has 0 aromatic rings. The molecule has 2 atom stereocenters. The van der Waals surface area contributed by atoms with Crippen molar-refractivity contribution in [3.8, 4) is 0 Å². The van der Waals surface area contributed by atoms with Crippen LogP contribution in [-0.2, 0) is 9.59 Å². The maximum Gasteiger partial charge on any atom is 0.235 e. The Morgan fingerprint density at radius 3 is 2.16 bits per heavy atom. The van der Waals surface area contributed by atoms with Gasteiger partial charge in [0.2, 0.25) is 11.8 Å². The van der Waals surface area contributed by atoms with E-state index in [-0.39, 0.29) is 36.6 Å². The fourth-order valence-electron chi connectivity index (χ4n) is 2.71. The molecule has 1 fully saturated rings. The minimum atomic E-state index is -0.614. The number of imide groups is 1. The van der Waals surface area contributed by atoms with E-state index in [1.54, 1.807) is 0 Å². The predicted octanol–water partition coefficient (Wildman–Crippen LogP) is 2.20. The zero-order valence-electron chi connectivity index (χ0n) is 12.8. The smallest absolute Gasteiger partial charge is 0.235 e. The summed E-state index contributed by atoms with van der Waals surface area (Å²) < 4.78 is 0. The van der Waals surface area contributed by atoms with Gasteiger partial charge < -0.3 is 5.11 Å². The van der Waals surface area contributed by atoms with Crippen LogP contribution >= 0.6 is 0 Å². The lowest BCUT2D eigenvalue weighted by Gasteiger charge is -2.28. The molecule has 0 aromatic carbocycles. The SMILES string of the molecule is CCC(CC)C(O)CN1C(=O)CC(C)(C(C)C)C1=O. The summed E-state index contributed by atoms with van der Waals surface area (Å²) in [5, 5.41) is 10.2. The van der Waals surface area contributed by atoms with Crippen molar-refractivity contribution < 1.29 is 14.7 Å². The molecule has 4 nitrogen and oxygen atoms in total. The summed E-state index contributed by atoms with van der Waals surface area (Å²) in [5.74, 6) is -0.00513. The van der Waals surface area contributed by atoms with Gasteiger partial charge in [0, 0.05) is 6.42 Å². The number of hydrogen-bond acceptors (Lipinski definition) is 3. The van der Waals surface area contributed by atoms with Gasteiger partial charge in [0.1, 0.15) is 0 Å². The van der Waals surface area contributed by atoms with Gasteiger partial charge in [-0.25, -0.2) is 0 Å². The first kappa shape index (κ1) is 16.2. The minimum Gasteiger partial charge on any atom is -0.391 e. The van der Waals surface area contributed by atoms with E-state index in [2.05, 4.69) is 0 Å². The fourth-order valence-corrected chi connectivity index (χ4v) is 2.71. The highest BCUT2D eigenvalue weighted by Crippen LogP contribution is 2.39. The monoisotopic (exact) mass is 269 g/mol. The summed E-state index contributed by atoms with van der Waals surface area (Å²) in [7, 11) is 0. The Balaban J connectivity index is 2.80. The lowest BCUT2D eigenvalue weighted by molar-refractivity contribution is -0.144. The first-order valence-corrected chi connectivity index (χ1v) is 7.30. The number of amides is 2. The van der Waals surface area contributed by atoms with E-state index in [4.69, 9.17) is 0 Å². The molecule has 2 amide bonds. The van der Waals surface area contributed by atoms with E-state index in [9.17, 15) is 14.7 Å². The Kier molecular flexibility index (Phi) is 5.13. The topological polar surface area (TPSA) is 57.6 Å². The summed E-state index contributed by atoms with van der Waals surface area (Å²) >= 11 is 0. The van der Waals surface area contributed by atoms with Gasteiger partial charge in [0.15, 0.2) is 0 Å². The first-order chi connectivity index (χ1) is 8.77. The second kappa shape index (κ2) is 6.04. The lowest BCUT2D eigenvalue weighted by atomic mass is 9.78. The summed E-state index contributed by atoms with van der Waals surface area (Å²) in [5.41, 5.74) is -0.606. The average molecular weight is 269 g/mol. The molecular weight excluding hydrogens is 242 g/mol. The number of β-amino-alcohol motifs (C(OH)–C–C–N with tert-alkyl or cyclic N) is 1. The molecule has 0 aliphatic carbocycles. The summed E-state index contributed by atoms with van der Waals surface area (Å²) in [6, 6.07) is 0. The second-order valence-electron chi connectivity index (χ2n) is 6.20. The van der Waals surface area contributed by atoms with E-state index in [1.165, 1.54) is 4.90 Å². The van der Waals surface area contributed by atoms with Gasteiger partial charge in [-0.05, 0) is 18.8 Å². The largest absolute Gasteiger partial charge is 0.391 e. The number of hydrogen-bond donors (Lipinski definition) is 1. The molecule has 0 spiro atoms. The van der Waals surface area contributed by atoms with Crippen molar-refractivity contribution in [3.63, 3.8) is 0 Å². The number of aliphatic hydroxyl groups excluding tert-OH is 1. The van der Waals surface area contributed by atoms with Crippen LogP contribution in [0.3, 0.4) is 0 Å². The molecule has 0 radical (unpaired) electrons. The van der Waals surface area contributed by atoms with Crippen LogP contribution in [-0.4, -0.2) is 34.5 Å². The first-order valence-electron chi connectivity index (χ1n) is 7.30. The molecule has 1 saturated heterocycles. The Hall–Kier alpha value is -0.900. The maximum atomic E-state index is 12.4. The van der Waals surface area contributed by atoms with Crippen molar-refractivity contribution >= 4 is 11.8 Å². The predicted molar refractivity (Wildman–Crippen MR) is 74.4 cm³/mol. The van der Waals surface area contributed by atoms with Gasteiger partial charge in [0.25, 0.3) is 0 Å². The molecule has 0 aromatic heterocycles. The van der Waals surface area contributed by atoms with E-state index < -0.39 is 11.5 Å². The molecule has 1 heterocycles. The zero-order chi connectivity index (χ0) is 14.8. The van der Waals surface area contributed by atoms with Gasteiger partial charge in [-0.2, -0.15) is 0 Å². The van der Waals surface area contributed by atoms with Crippen LogP contribution in [0, 0.1) is 17.3 Å². The van der Waals surface area contributed by atoms with Gasteiger partial charge in [-0.15, -0.1) is 0 Å². The highest BCUT2D eigenvalue weighted by atomic mass is 16.3. The van der Waals surface area contributed by atoms with Crippen LogP contribution in [0.15, 0.2) is 0 Å². The highest BCUT2D eigenvalue weighted by Gasteiger charge is 2.50. The van der Waals surface area contributed by atoms with Crippen LogP contribution in [0.5, 0.6) is 0 Å². The van der Waals surface area contributed by atoms with E-state index in [1.807, 2.05) is 34.6 Å². The Morgan fingerprint density at radius 2 is 1.79 bits per heavy atom. The normalized spacial score (nSPS) is 25.8. The van der Waals surface area contributed by atoms with E-state index >= 15 is 0 Å². The third-order valence-corrected chi connectivity index (χ3v) is 4.79. The molecule has 0 bridgehead atoms. The number of carbonyl (C=O) groups excluding carboxylic acids is 2. The molecule has 1 rings (SSSR count). The number of carbonyl (C=O) groups is 2. The zero-order valence-corrected chi connectivity index (χ0v) is 12.8. The standard InChI is InChI=1S/C15H27NO3/c1-6-11(7-2)12(17)9-16-13(18)8-15(5,10(3)4)14(16)19/h10-12,17H,6-9H2,1-5H3. The van der Waals surface area contributed by atoms with Gasteiger partial charge in [0.05, 0.1) is 18.1 Å². The second-order valence-corrected chi connectivity index (χ2v) is 6.20. The van der Waals surface area contributed by atoms with Crippen molar-refractivity contribution in [2.45, 2.75) is 60.0 Å². The molecule has 19 heavy (non-hydrogen) atoms. The summed E-state index contributed by atoms with van der Waals surface area (Å²) in [6.07, 6.45) is 1.36. The third-order valence-electron chi connectivity index (χ3n) is 4.79. The fraction of sp³-hybridized carbons (Fsp3) is 0.867. The average Bonchev–Trinajstić information content (AvgIpc) is 2.56. The van der Waals surface area contributed by atoms with E-state index in [0.29, 0.717) is 0 Å². The van der Waals surface area contributed by atoms with E-state index in [0.717, 1.165) is 12.8 Å². The lowest BCUT2D eigenvalue weighted by Crippen LogP contribution is -2.42. The van der Waals surface area contributed by atoms with Crippen molar-refractivity contribution in [2.24, 2.45) is 17.3 Å². The molecule has 1 aliphatic rings. The number of likely N-dealkylation sites (tertiary alicyclic amines) is 1. The van der Waals surface area contributed by atoms with Crippen molar-refractivity contribution in [3.05, 3.63) is 0 Å². The molecule has 2 unspecified atom stereocenters. The van der Waals surface area contributed by atoms with Crippen LogP contribution < -0.4 is 0 Å². The number of rotatable bonds is 6. The Bertz CT molecular complexity index is 349. The maximum absolute atomic E-state index is 12.4. The van der Waals surface area contributed by atoms with Crippen LogP contribution in [0.2, 0.25) is 0 Å². The molecule has 110 valence electrons. The minimum absolute atomic E-state index is 0.124. The number of nitrogens with zero attached hydrogens (tertiary/aromatic N) is 1. The van der Waals surface area contributed by atoms with Gasteiger partial charge in [-0.3, -0.25) is 14.5 Å². The molecule has 1 aliphatic heterocycles. The highest BCUT2D eigenvalue weighted by molar-refractivity contribution is 6.05. The molecule has 4 heteroatoms. The van der Waals surface area contributed by atoms with Crippen molar-refractivity contribution in [2.75, 3.05) is 6.54 Å².